The molecule has 1 heterocycles. The number of carbonyl (C=O) groups excluding carboxylic acids is 3. The van der Waals surface area contributed by atoms with Crippen LogP contribution in [0.2, 0.25) is 0 Å². The van der Waals surface area contributed by atoms with E-state index in [4.69, 9.17) is 15.2 Å². The predicted molar refractivity (Wildman–Crippen MR) is 202 cm³/mol. The standard InChI is InChI=1S/C33H62O5S.C6H11N3/c1-5-7-9-11-13-17-21-31(22-18-14-12-10-8-6-2)38-33(36)30(23-25-34)28-39-27-24-32(35)37-26-19-15-16-20-29(3)4;7-2-1-4-9-5-3-8-6-9/h25,29-31H,5-24,26-28H2,1-4H3;3,5-6H,1-2,4,7H2. The number of imidazole rings is 1. The fourth-order valence-corrected chi connectivity index (χ4v) is 6.37. The smallest absolute Gasteiger partial charge is 0.310 e. The average Bonchev–Trinajstić information content (AvgIpc) is 3.60. The Morgan fingerprint density at radius 1 is 0.854 bits per heavy atom. The van der Waals surface area contributed by atoms with E-state index in [0.29, 0.717) is 24.5 Å². The minimum absolute atomic E-state index is 0.0514. The van der Waals surface area contributed by atoms with Crippen LogP contribution in [0.4, 0.5) is 0 Å². The van der Waals surface area contributed by atoms with E-state index in [0.717, 1.165) is 70.2 Å². The Bertz CT molecular complexity index is 837. The molecule has 0 radical (unpaired) electrons. The van der Waals surface area contributed by atoms with Crippen molar-refractivity contribution in [2.75, 3.05) is 24.7 Å². The van der Waals surface area contributed by atoms with E-state index in [9.17, 15) is 14.4 Å². The second kappa shape index (κ2) is 35.0. The van der Waals surface area contributed by atoms with Crippen LogP contribution in [0.5, 0.6) is 0 Å². The van der Waals surface area contributed by atoms with Crippen molar-refractivity contribution in [2.45, 2.75) is 175 Å². The number of aldehydes is 1. The second-order valence-electron chi connectivity index (χ2n) is 13.5. The molecule has 0 aliphatic heterocycles. The van der Waals surface area contributed by atoms with Gasteiger partial charge in [-0.2, -0.15) is 11.8 Å². The molecule has 0 aromatic carbocycles. The number of hydrogen-bond acceptors (Lipinski definition) is 8. The Hall–Kier alpha value is -1.87. The predicted octanol–water partition coefficient (Wildman–Crippen LogP) is 9.72. The molecule has 0 aliphatic rings. The third-order valence-electron chi connectivity index (χ3n) is 8.39. The molecule has 0 bridgehead atoms. The van der Waals surface area contributed by atoms with E-state index in [1.165, 1.54) is 88.8 Å². The van der Waals surface area contributed by atoms with Gasteiger partial charge in [-0.05, 0) is 51.0 Å². The van der Waals surface area contributed by atoms with Gasteiger partial charge in [0.1, 0.15) is 12.4 Å². The summed E-state index contributed by atoms with van der Waals surface area (Å²) >= 11 is 1.53. The lowest BCUT2D eigenvalue weighted by atomic mass is 10.0. The minimum atomic E-state index is -0.443. The average molecular weight is 696 g/mol. The summed E-state index contributed by atoms with van der Waals surface area (Å²) in [6, 6.07) is 0. The maximum atomic E-state index is 13.0. The van der Waals surface area contributed by atoms with Gasteiger partial charge in [-0.25, -0.2) is 4.98 Å². The van der Waals surface area contributed by atoms with Crippen molar-refractivity contribution < 1.29 is 23.9 Å². The highest BCUT2D eigenvalue weighted by Crippen LogP contribution is 2.21. The number of ether oxygens (including phenoxy) is 2. The van der Waals surface area contributed by atoms with Gasteiger partial charge in [-0.3, -0.25) is 9.59 Å². The number of aromatic nitrogens is 2. The Morgan fingerprint density at radius 3 is 2.02 bits per heavy atom. The Kier molecular flexibility index (Phi) is 33.6. The monoisotopic (exact) mass is 696 g/mol. The molecule has 1 atom stereocenters. The van der Waals surface area contributed by atoms with Crippen LogP contribution in [0.1, 0.15) is 163 Å². The van der Waals surface area contributed by atoms with Crippen LogP contribution in [0, 0.1) is 11.8 Å². The van der Waals surface area contributed by atoms with Crippen LogP contribution in [0.25, 0.3) is 0 Å². The van der Waals surface area contributed by atoms with Crippen molar-refractivity contribution in [2.24, 2.45) is 17.6 Å². The van der Waals surface area contributed by atoms with E-state index < -0.39 is 5.92 Å². The Balaban J connectivity index is 0.00000209. The van der Waals surface area contributed by atoms with Crippen molar-refractivity contribution in [1.29, 1.82) is 0 Å². The fourth-order valence-electron chi connectivity index (χ4n) is 5.34. The van der Waals surface area contributed by atoms with Gasteiger partial charge < -0.3 is 24.6 Å². The zero-order chi connectivity index (χ0) is 35.5. The van der Waals surface area contributed by atoms with E-state index in [1.54, 1.807) is 12.5 Å². The summed E-state index contributed by atoms with van der Waals surface area (Å²) in [4.78, 5) is 40.2. The highest BCUT2D eigenvalue weighted by molar-refractivity contribution is 7.99. The topological polar surface area (TPSA) is 114 Å². The first-order chi connectivity index (χ1) is 23.4. The molecule has 0 saturated carbocycles. The molecule has 1 aromatic rings. The van der Waals surface area contributed by atoms with Crippen molar-refractivity contribution in [3.8, 4) is 0 Å². The molecule has 280 valence electrons. The molecule has 0 spiro atoms. The third kappa shape index (κ3) is 30.2. The van der Waals surface area contributed by atoms with Crippen molar-refractivity contribution in [3.05, 3.63) is 18.7 Å². The number of nitrogens with zero attached hydrogens (tertiary/aromatic N) is 2. The van der Waals surface area contributed by atoms with Gasteiger partial charge in [-0.15, -0.1) is 0 Å². The number of nitrogens with two attached hydrogens (primary N) is 1. The lowest BCUT2D eigenvalue weighted by Gasteiger charge is -2.21. The second-order valence-corrected chi connectivity index (χ2v) is 14.7. The number of unbranched alkanes of at least 4 members (excludes halogenated alkanes) is 12. The molecule has 8 nitrogen and oxygen atoms in total. The summed E-state index contributed by atoms with van der Waals surface area (Å²) in [6.45, 7) is 11.1. The zero-order valence-corrected chi connectivity index (χ0v) is 32.2. The van der Waals surface area contributed by atoms with E-state index in [2.05, 4.69) is 32.7 Å². The number of thioether (sulfide) groups is 1. The number of esters is 2. The zero-order valence-electron chi connectivity index (χ0n) is 31.3. The molecule has 0 fully saturated rings. The van der Waals surface area contributed by atoms with Gasteiger partial charge >= 0.3 is 11.9 Å². The van der Waals surface area contributed by atoms with Crippen LogP contribution in [-0.4, -0.2) is 58.5 Å². The van der Waals surface area contributed by atoms with Crippen LogP contribution < -0.4 is 5.73 Å². The number of aryl methyl sites for hydroxylation is 1. The molecule has 0 amide bonds. The summed E-state index contributed by atoms with van der Waals surface area (Å²) in [5.74, 6) is 0.936. The van der Waals surface area contributed by atoms with Crippen LogP contribution >= 0.6 is 11.8 Å². The van der Waals surface area contributed by atoms with Crippen molar-refractivity contribution >= 4 is 30.0 Å². The maximum Gasteiger partial charge on any atom is 0.310 e. The molecule has 1 aromatic heterocycles. The fraction of sp³-hybridized carbons (Fsp3) is 0.846. The highest BCUT2D eigenvalue weighted by atomic mass is 32.2. The van der Waals surface area contributed by atoms with Gasteiger partial charge in [0.05, 0.1) is 25.3 Å². The maximum absolute atomic E-state index is 13.0. The van der Waals surface area contributed by atoms with Gasteiger partial charge in [0.2, 0.25) is 0 Å². The molecular formula is C39H73N3O5S. The van der Waals surface area contributed by atoms with Crippen LogP contribution in [-0.2, 0) is 30.4 Å². The molecule has 1 rings (SSSR count). The molecule has 1 unspecified atom stereocenters. The van der Waals surface area contributed by atoms with E-state index >= 15 is 0 Å². The van der Waals surface area contributed by atoms with Gasteiger partial charge in [-0.1, -0.05) is 111 Å². The summed E-state index contributed by atoms with van der Waals surface area (Å²) in [5, 5.41) is 0. The quantitative estimate of drug-likeness (QED) is 0.0450. The molecule has 0 aliphatic carbocycles. The third-order valence-corrected chi connectivity index (χ3v) is 9.53. The lowest BCUT2D eigenvalue weighted by molar-refractivity contribution is -0.154. The number of rotatable bonds is 32. The molecule has 2 N–H and O–H groups in total. The summed E-state index contributed by atoms with van der Waals surface area (Å²) in [5.41, 5.74) is 5.31. The molecule has 9 heteroatoms. The minimum Gasteiger partial charge on any atom is -0.466 e. The van der Waals surface area contributed by atoms with Crippen LogP contribution in [0.3, 0.4) is 0 Å². The normalized spacial score (nSPS) is 11.7. The first kappa shape index (κ1) is 46.1. The summed E-state index contributed by atoms with van der Waals surface area (Å²) < 4.78 is 13.4. The first-order valence-electron chi connectivity index (χ1n) is 19.4. The van der Waals surface area contributed by atoms with Gasteiger partial charge in [0.15, 0.2) is 0 Å². The van der Waals surface area contributed by atoms with Gasteiger partial charge in [0.25, 0.3) is 0 Å². The lowest BCUT2D eigenvalue weighted by Crippen LogP contribution is -2.26. The van der Waals surface area contributed by atoms with E-state index in [1.807, 2.05) is 10.8 Å². The Labute approximate surface area is 298 Å². The van der Waals surface area contributed by atoms with Crippen molar-refractivity contribution in [1.82, 2.24) is 9.55 Å². The van der Waals surface area contributed by atoms with Crippen molar-refractivity contribution in [3.63, 3.8) is 0 Å². The number of carbonyl (C=O) groups is 3. The Morgan fingerprint density at radius 2 is 1.46 bits per heavy atom. The molecular weight excluding hydrogens is 623 g/mol. The molecule has 48 heavy (non-hydrogen) atoms. The summed E-state index contributed by atoms with van der Waals surface area (Å²) in [6.07, 6.45) is 28.7. The summed E-state index contributed by atoms with van der Waals surface area (Å²) in [7, 11) is 0. The SMILES string of the molecule is CCCCCCCCC(CCCCCCCC)OC(=O)C(CC=O)CSCCC(=O)OCCCCCC(C)C.NCCCn1ccnc1. The first-order valence-corrected chi connectivity index (χ1v) is 20.6. The largest absolute Gasteiger partial charge is 0.466 e. The van der Waals surface area contributed by atoms with Crippen LogP contribution in [0.15, 0.2) is 18.7 Å². The molecule has 0 saturated heterocycles. The number of hydrogen-bond donors (Lipinski definition) is 1. The van der Waals surface area contributed by atoms with Gasteiger partial charge in [0, 0.05) is 36.9 Å². The highest BCUT2D eigenvalue weighted by Gasteiger charge is 2.23. The van der Waals surface area contributed by atoms with E-state index in [-0.39, 0.29) is 24.5 Å².